The summed E-state index contributed by atoms with van der Waals surface area (Å²) in [6.45, 7) is 0.893. The predicted molar refractivity (Wildman–Crippen MR) is 125 cm³/mol. The summed E-state index contributed by atoms with van der Waals surface area (Å²) < 4.78 is 30.0. The Morgan fingerprint density at radius 1 is 1.00 bits per heavy atom. The molecule has 4 aromatic heterocycles. The van der Waals surface area contributed by atoms with E-state index in [0.717, 1.165) is 33.4 Å². The molecule has 0 N–H and O–H groups in total. The molecule has 35 heavy (non-hydrogen) atoms. The number of methoxy groups -OCH3 is 2. The monoisotopic (exact) mass is 471 g/mol. The van der Waals surface area contributed by atoms with E-state index in [-0.39, 0.29) is 6.10 Å². The maximum atomic E-state index is 6.25. The van der Waals surface area contributed by atoms with Gasteiger partial charge in [-0.25, -0.2) is 15.0 Å². The maximum Gasteiger partial charge on any atom is 0.212 e. The molecule has 0 saturated carbocycles. The van der Waals surface area contributed by atoms with Crippen LogP contribution in [0.3, 0.4) is 0 Å². The Labute approximate surface area is 200 Å². The first kappa shape index (κ1) is 21.0. The van der Waals surface area contributed by atoms with Crippen LogP contribution >= 0.6 is 0 Å². The van der Waals surface area contributed by atoms with E-state index in [0.29, 0.717) is 36.3 Å². The Morgan fingerprint density at radius 3 is 2.71 bits per heavy atom. The first-order valence-electron chi connectivity index (χ1n) is 10.9. The fraction of sp³-hybridized carbons (Fsp3) is 0.200. The molecule has 0 bridgehead atoms. The molecule has 1 unspecified atom stereocenters. The number of nitrogens with zero attached hydrogens (tertiary/aromatic N) is 5. The molecule has 0 fully saturated rings. The van der Waals surface area contributed by atoms with Crippen molar-refractivity contribution in [3.63, 3.8) is 0 Å². The summed E-state index contributed by atoms with van der Waals surface area (Å²) in [5, 5.41) is 3.75. The molecule has 0 amide bonds. The van der Waals surface area contributed by atoms with Crippen LogP contribution in [0.15, 0.2) is 66.0 Å². The number of hydrogen-bond acceptors (Lipinski definition) is 9. The number of benzene rings is 1. The quantitative estimate of drug-likeness (QED) is 0.362. The minimum atomic E-state index is -0.304. The Hall–Kier alpha value is -4.60. The third-order valence-corrected chi connectivity index (χ3v) is 5.87. The van der Waals surface area contributed by atoms with Gasteiger partial charge in [-0.05, 0) is 29.8 Å². The van der Waals surface area contributed by atoms with Gasteiger partial charge in [-0.2, -0.15) is 0 Å². The Kier molecular flexibility index (Phi) is 5.17. The topological polar surface area (TPSA) is 107 Å². The van der Waals surface area contributed by atoms with E-state index in [1.54, 1.807) is 51.5 Å². The van der Waals surface area contributed by atoms with Crippen molar-refractivity contribution in [3.8, 4) is 34.3 Å². The fourth-order valence-electron chi connectivity index (χ4n) is 4.07. The first-order valence-corrected chi connectivity index (χ1v) is 10.9. The average Bonchev–Trinajstić information content (AvgIpc) is 3.58. The van der Waals surface area contributed by atoms with E-state index in [1.807, 2.05) is 28.8 Å². The van der Waals surface area contributed by atoms with Crippen LogP contribution in [0.4, 0.5) is 0 Å². The van der Waals surface area contributed by atoms with Crippen molar-refractivity contribution < 1.29 is 23.5 Å². The Morgan fingerprint density at radius 2 is 1.94 bits per heavy atom. The van der Waals surface area contributed by atoms with Gasteiger partial charge in [-0.1, -0.05) is 5.16 Å². The van der Waals surface area contributed by atoms with E-state index in [1.165, 1.54) is 0 Å². The smallest absolute Gasteiger partial charge is 0.212 e. The Bertz CT molecular complexity index is 1460. The van der Waals surface area contributed by atoms with Gasteiger partial charge in [0.1, 0.15) is 18.4 Å². The zero-order valence-electron chi connectivity index (χ0n) is 19.0. The summed E-state index contributed by atoms with van der Waals surface area (Å²) in [7, 11) is 3.20. The second-order valence-electron chi connectivity index (χ2n) is 8.03. The summed E-state index contributed by atoms with van der Waals surface area (Å²) >= 11 is 0. The number of imidazole rings is 1. The molecule has 6 rings (SSSR count). The van der Waals surface area contributed by atoms with Crippen LogP contribution in [0.25, 0.3) is 22.3 Å². The van der Waals surface area contributed by atoms with Crippen LogP contribution in [-0.4, -0.2) is 45.5 Å². The van der Waals surface area contributed by atoms with Crippen molar-refractivity contribution in [3.05, 3.63) is 72.6 Å². The molecule has 0 saturated heterocycles. The lowest BCUT2D eigenvalue weighted by molar-refractivity contribution is 0.0867. The van der Waals surface area contributed by atoms with Gasteiger partial charge in [0.2, 0.25) is 11.6 Å². The number of pyridine rings is 2. The fourth-order valence-corrected chi connectivity index (χ4v) is 4.07. The minimum Gasteiger partial charge on any atom is -0.493 e. The van der Waals surface area contributed by atoms with Crippen LogP contribution < -0.4 is 18.9 Å². The number of ether oxygens (including phenoxy) is 4. The molecule has 1 atom stereocenters. The van der Waals surface area contributed by atoms with Gasteiger partial charge in [0.15, 0.2) is 23.3 Å². The van der Waals surface area contributed by atoms with Crippen molar-refractivity contribution in [2.45, 2.75) is 12.6 Å². The first-order chi connectivity index (χ1) is 17.2. The van der Waals surface area contributed by atoms with Crippen molar-refractivity contribution in [1.82, 2.24) is 24.7 Å². The molecule has 0 spiro atoms. The van der Waals surface area contributed by atoms with Gasteiger partial charge < -0.3 is 28.0 Å². The zero-order valence-corrected chi connectivity index (χ0v) is 19.0. The van der Waals surface area contributed by atoms with E-state index < -0.39 is 0 Å². The molecule has 0 aliphatic carbocycles. The number of fused-ring (bicyclic) bond motifs is 2. The van der Waals surface area contributed by atoms with Crippen molar-refractivity contribution >= 4 is 11.2 Å². The maximum absolute atomic E-state index is 6.25. The molecule has 1 aliphatic rings. The van der Waals surface area contributed by atoms with Gasteiger partial charge in [0.05, 0.1) is 33.3 Å². The van der Waals surface area contributed by atoms with E-state index in [2.05, 4.69) is 20.1 Å². The molecular formula is C25H21N5O5. The van der Waals surface area contributed by atoms with Crippen LogP contribution in [0.5, 0.6) is 23.1 Å². The van der Waals surface area contributed by atoms with Crippen LogP contribution in [0.2, 0.25) is 0 Å². The van der Waals surface area contributed by atoms with Gasteiger partial charge in [-0.3, -0.25) is 0 Å². The molecule has 176 valence electrons. The van der Waals surface area contributed by atoms with E-state index in [4.69, 9.17) is 23.5 Å². The highest BCUT2D eigenvalue weighted by Crippen LogP contribution is 2.44. The molecule has 10 heteroatoms. The highest BCUT2D eigenvalue weighted by atomic mass is 16.6. The van der Waals surface area contributed by atoms with E-state index in [9.17, 15) is 0 Å². The van der Waals surface area contributed by atoms with Crippen LogP contribution in [-0.2, 0) is 6.54 Å². The number of aromatic nitrogens is 5. The summed E-state index contributed by atoms with van der Waals surface area (Å²) in [6.07, 6.45) is 8.21. The normalized spacial score (nSPS) is 14.7. The van der Waals surface area contributed by atoms with Gasteiger partial charge in [-0.15, -0.1) is 0 Å². The standard InChI is InChI=1S/C25H21N5O5/c1-31-20-5-15(6-21-24(20)35-22(13-33-21)16-3-4-23(32-2)26-8-16)11-30-14-28-19-7-17(9-27-25(19)30)18-10-29-34-12-18/h3-10,12,14,22H,11,13H2,1-2H3. The lowest BCUT2D eigenvalue weighted by Gasteiger charge is -2.28. The third-order valence-electron chi connectivity index (χ3n) is 5.87. The van der Waals surface area contributed by atoms with E-state index >= 15 is 0 Å². The molecule has 1 aliphatic heterocycles. The average molecular weight is 471 g/mol. The molecule has 1 aromatic carbocycles. The third kappa shape index (κ3) is 3.88. The molecular weight excluding hydrogens is 450 g/mol. The molecule has 0 radical (unpaired) electrons. The highest BCUT2D eigenvalue weighted by Gasteiger charge is 2.27. The lowest BCUT2D eigenvalue weighted by atomic mass is 10.1. The highest BCUT2D eigenvalue weighted by molar-refractivity contribution is 5.77. The van der Waals surface area contributed by atoms with Crippen LogP contribution in [0.1, 0.15) is 17.2 Å². The summed E-state index contributed by atoms with van der Waals surface area (Å²) in [5.74, 6) is 2.33. The number of hydrogen-bond donors (Lipinski definition) is 0. The molecule has 5 heterocycles. The van der Waals surface area contributed by atoms with Gasteiger partial charge in [0, 0.05) is 35.2 Å². The molecule has 10 nitrogen and oxygen atoms in total. The zero-order chi connectivity index (χ0) is 23.8. The lowest BCUT2D eigenvalue weighted by Crippen LogP contribution is -2.22. The summed E-state index contributed by atoms with van der Waals surface area (Å²) in [4.78, 5) is 13.4. The largest absolute Gasteiger partial charge is 0.493 e. The van der Waals surface area contributed by atoms with Gasteiger partial charge in [0.25, 0.3) is 0 Å². The van der Waals surface area contributed by atoms with Crippen molar-refractivity contribution in [2.75, 3.05) is 20.8 Å². The van der Waals surface area contributed by atoms with Crippen molar-refractivity contribution in [1.29, 1.82) is 0 Å². The molecule has 5 aromatic rings. The van der Waals surface area contributed by atoms with Crippen LogP contribution in [0, 0.1) is 0 Å². The summed E-state index contributed by atoms with van der Waals surface area (Å²) in [6, 6.07) is 9.57. The minimum absolute atomic E-state index is 0.304. The number of rotatable bonds is 6. The van der Waals surface area contributed by atoms with Crippen molar-refractivity contribution in [2.24, 2.45) is 0 Å². The SMILES string of the molecule is COc1ccc(C2COc3cc(Cn4cnc5cc(-c6cnoc6)cnc54)cc(OC)c3O2)cn1. The Balaban J connectivity index is 1.26. The second-order valence-corrected chi connectivity index (χ2v) is 8.03. The second kappa shape index (κ2) is 8.64. The summed E-state index contributed by atoms with van der Waals surface area (Å²) in [5.41, 5.74) is 5.17. The predicted octanol–water partition coefficient (Wildman–Crippen LogP) is 4.06. The van der Waals surface area contributed by atoms with Gasteiger partial charge >= 0.3 is 0 Å².